The van der Waals surface area contributed by atoms with Crippen LogP contribution in [0.5, 0.6) is 0 Å². The van der Waals surface area contributed by atoms with Gasteiger partial charge in [-0.1, -0.05) is 48.5 Å². The van der Waals surface area contributed by atoms with Crippen LogP contribution in [0.15, 0.2) is 84.7 Å². The van der Waals surface area contributed by atoms with Crippen molar-refractivity contribution in [3.8, 4) is 0 Å². The van der Waals surface area contributed by atoms with Crippen LogP contribution < -0.4 is 10.6 Å². The minimum absolute atomic E-state index is 0.0668. The van der Waals surface area contributed by atoms with Crippen LogP contribution in [0, 0.1) is 12.7 Å². The van der Waals surface area contributed by atoms with Crippen molar-refractivity contribution in [3.63, 3.8) is 0 Å². The van der Waals surface area contributed by atoms with Crippen molar-refractivity contribution < 1.29 is 18.8 Å². The third kappa shape index (κ3) is 4.61. The van der Waals surface area contributed by atoms with E-state index in [1.807, 2.05) is 54.1 Å². The number of halogens is 1. The Balaban J connectivity index is 1.38. The number of amides is 4. The van der Waals surface area contributed by atoms with E-state index in [2.05, 4.69) is 10.6 Å². The van der Waals surface area contributed by atoms with Crippen molar-refractivity contribution >= 4 is 40.5 Å². The number of rotatable bonds is 6. The average molecular weight is 483 g/mol. The summed E-state index contributed by atoms with van der Waals surface area (Å²) < 4.78 is 16.2. The van der Waals surface area contributed by atoms with Gasteiger partial charge in [-0.15, -0.1) is 0 Å². The van der Waals surface area contributed by atoms with E-state index in [4.69, 9.17) is 0 Å². The number of carbonyl (C=O) groups is 3. The second-order valence-electron chi connectivity index (χ2n) is 8.62. The number of anilines is 1. The van der Waals surface area contributed by atoms with Crippen LogP contribution >= 0.6 is 0 Å². The maximum atomic E-state index is 14.3. The fourth-order valence-electron chi connectivity index (χ4n) is 4.27. The van der Waals surface area contributed by atoms with E-state index in [-0.39, 0.29) is 11.5 Å². The van der Waals surface area contributed by atoms with Crippen LogP contribution in [0.4, 0.5) is 14.9 Å². The number of aromatic nitrogens is 1. The quantitative estimate of drug-likeness (QED) is 0.310. The lowest BCUT2D eigenvalue weighted by Gasteiger charge is -2.12. The van der Waals surface area contributed by atoms with E-state index in [0.29, 0.717) is 23.4 Å². The van der Waals surface area contributed by atoms with Gasteiger partial charge in [0.1, 0.15) is 18.1 Å². The Bertz CT molecular complexity index is 1540. The first-order valence-electron chi connectivity index (χ1n) is 11.4. The number of nitrogens with one attached hydrogen (secondary N) is 2. The first-order chi connectivity index (χ1) is 17.4. The smallest absolute Gasteiger partial charge is 0.329 e. The normalized spacial score (nSPS) is 14.5. The first kappa shape index (κ1) is 23.0. The molecule has 4 amide bonds. The number of aryl methyl sites for hydroxylation is 1. The Morgan fingerprint density at radius 3 is 2.61 bits per heavy atom. The molecule has 1 saturated heterocycles. The van der Waals surface area contributed by atoms with Crippen molar-refractivity contribution in [2.24, 2.45) is 0 Å². The Kier molecular flexibility index (Phi) is 6.08. The third-order valence-electron chi connectivity index (χ3n) is 5.98. The molecule has 2 heterocycles. The predicted octanol–water partition coefficient (Wildman–Crippen LogP) is 4.67. The van der Waals surface area contributed by atoms with Crippen LogP contribution in [-0.2, 0) is 16.1 Å². The van der Waals surface area contributed by atoms with Gasteiger partial charge in [0.2, 0.25) is 5.91 Å². The Labute approximate surface area is 206 Å². The number of carbonyl (C=O) groups excluding carboxylic acids is 3. The standard InChI is InChI=1S/C28H23FN4O3/c1-18-7-6-9-21(13-18)30-26(34)17-33-27(35)24(31-28(33)36)14-20-16-32(25-12-5-3-10-22(20)25)15-19-8-2-4-11-23(19)29/h2-14,16H,15,17H2,1H3,(H,30,34)(H,31,36)/b24-14+. The van der Waals surface area contributed by atoms with Gasteiger partial charge in [0, 0.05) is 33.9 Å². The molecule has 5 rings (SSSR count). The fraction of sp³-hybridized carbons (Fsp3) is 0.107. The summed E-state index contributed by atoms with van der Waals surface area (Å²) in [6.45, 7) is 1.80. The lowest BCUT2D eigenvalue weighted by molar-refractivity contribution is -0.127. The molecule has 8 heteroatoms. The van der Waals surface area contributed by atoms with Crippen molar-refractivity contribution in [1.82, 2.24) is 14.8 Å². The maximum Gasteiger partial charge on any atom is 0.329 e. The van der Waals surface area contributed by atoms with Gasteiger partial charge in [-0.3, -0.25) is 9.59 Å². The zero-order chi connectivity index (χ0) is 25.2. The van der Waals surface area contributed by atoms with Crippen molar-refractivity contribution in [2.75, 3.05) is 11.9 Å². The lowest BCUT2D eigenvalue weighted by Crippen LogP contribution is -2.38. The largest absolute Gasteiger partial charge is 0.342 e. The fourth-order valence-corrected chi connectivity index (χ4v) is 4.27. The predicted molar refractivity (Wildman–Crippen MR) is 135 cm³/mol. The van der Waals surface area contributed by atoms with E-state index in [1.54, 1.807) is 36.4 Å². The van der Waals surface area contributed by atoms with E-state index in [1.165, 1.54) is 6.07 Å². The number of imide groups is 1. The summed E-state index contributed by atoms with van der Waals surface area (Å²) >= 11 is 0. The molecule has 3 aromatic carbocycles. The number of nitrogens with zero attached hydrogens (tertiary/aromatic N) is 2. The van der Waals surface area contributed by atoms with Crippen molar-refractivity contribution in [1.29, 1.82) is 0 Å². The number of para-hydroxylation sites is 1. The van der Waals surface area contributed by atoms with Crippen LogP contribution in [0.1, 0.15) is 16.7 Å². The zero-order valence-electron chi connectivity index (χ0n) is 19.5. The topological polar surface area (TPSA) is 83.4 Å². The summed E-state index contributed by atoms with van der Waals surface area (Å²) in [5.41, 5.74) is 3.72. The molecule has 1 aliphatic rings. The van der Waals surface area contributed by atoms with Crippen molar-refractivity contribution in [3.05, 3.63) is 107 Å². The lowest BCUT2D eigenvalue weighted by atomic mass is 10.1. The Morgan fingerprint density at radius 1 is 1.03 bits per heavy atom. The highest BCUT2D eigenvalue weighted by atomic mass is 19.1. The van der Waals surface area contributed by atoms with E-state index < -0.39 is 24.4 Å². The van der Waals surface area contributed by atoms with Gasteiger partial charge in [-0.25, -0.2) is 14.1 Å². The summed E-state index contributed by atoms with van der Waals surface area (Å²) in [4.78, 5) is 38.8. The SMILES string of the molecule is Cc1cccc(NC(=O)CN2C(=O)N/C(=C/c3cn(Cc4ccccc4F)c4ccccc34)C2=O)c1. The monoisotopic (exact) mass is 482 g/mol. The Hall–Kier alpha value is -4.72. The highest BCUT2D eigenvalue weighted by Crippen LogP contribution is 2.26. The molecule has 1 aromatic heterocycles. The molecule has 2 N–H and O–H groups in total. The second kappa shape index (κ2) is 9.50. The van der Waals surface area contributed by atoms with Crippen LogP contribution in [0.25, 0.3) is 17.0 Å². The van der Waals surface area contributed by atoms with Crippen LogP contribution in [0.2, 0.25) is 0 Å². The molecule has 0 bridgehead atoms. The van der Waals surface area contributed by atoms with Gasteiger partial charge in [0.05, 0.1) is 6.54 Å². The summed E-state index contributed by atoms with van der Waals surface area (Å²) in [5, 5.41) is 6.11. The molecule has 7 nitrogen and oxygen atoms in total. The molecule has 1 fully saturated rings. The minimum Gasteiger partial charge on any atom is -0.342 e. The van der Waals surface area contributed by atoms with E-state index in [9.17, 15) is 18.8 Å². The van der Waals surface area contributed by atoms with Gasteiger partial charge in [-0.05, 0) is 42.8 Å². The molecule has 0 unspecified atom stereocenters. The van der Waals surface area contributed by atoms with Crippen LogP contribution in [-0.4, -0.2) is 33.9 Å². The summed E-state index contributed by atoms with van der Waals surface area (Å²) in [6, 6.07) is 20.7. The number of fused-ring (bicyclic) bond motifs is 1. The van der Waals surface area contributed by atoms with Crippen LogP contribution in [0.3, 0.4) is 0 Å². The molecule has 0 saturated carbocycles. The maximum absolute atomic E-state index is 14.3. The highest BCUT2D eigenvalue weighted by molar-refractivity contribution is 6.16. The molecule has 4 aromatic rings. The number of hydrogen-bond acceptors (Lipinski definition) is 3. The van der Waals surface area contributed by atoms with Gasteiger partial charge in [0.25, 0.3) is 5.91 Å². The summed E-state index contributed by atoms with van der Waals surface area (Å²) in [5.74, 6) is -1.37. The highest BCUT2D eigenvalue weighted by Gasteiger charge is 2.35. The van der Waals surface area contributed by atoms with Gasteiger partial charge < -0.3 is 15.2 Å². The first-order valence-corrected chi connectivity index (χ1v) is 11.4. The molecule has 36 heavy (non-hydrogen) atoms. The number of benzene rings is 3. The van der Waals surface area contributed by atoms with Gasteiger partial charge in [-0.2, -0.15) is 0 Å². The summed E-state index contributed by atoms with van der Waals surface area (Å²) in [6.07, 6.45) is 3.40. The van der Waals surface area contributed by atoms with Gasteiger partial charge in [0.15, 0.2) is 0 Å². The summed E-state index contributed by atoms with van der Waals surface area (Å²) in [7, 11) is 0. The third-order valence-corrected chi connectivity index (χ3v) is 5.98. The molecule has 0 aliphatic carbocycles. The van der Waals surface area contributed by atoms with Crippen molar-refractivity contribution in [2.45, 2.75) is 13.5 Å². The molecule has 0 spiro atoms. The molecule has 180 valence electrons. The Morgan fingerprint density at radius 2 is 1.81 bits per heavy atom. The minimum atomic E-state index is -0.666. The van der Waals surface area contributed by atoms with E-state index in [0.717, 1.165) is 21.4 Å². The number of urea groups is 1. The molecule has 0 radical (unpaired) electrons. The van der Waals surface area contributed by atoms with E-state index >= 15 is 0 Å². The molecule has 0 atom stereocenters. The molecular formula is C28H23FN4O3. The average Bonchev–Trinajstić information content (AvgIpc) is 3.32. The zero-order valence-corrected chi connectivity index (χ0v) is 19.5. The molecular weight excluding hydrogens is 459 g/mol. The molecule has 1 aliphatic heterocycles. The number of hydrogen-bond donors (Lipinski definition) is 2. The second-order valence-corrected chi connectivity index (χ2v) is 8.62. The van der Waals surface area contributed by atoms with Gasteiger partial charge >= 0.3 is 6.03 Å².